The van der Waals surface area contributed by atoms with Crippen LogP contribution in [0.4, 0.5) is 0 Å². The zero-order chi connectivity index (χ0) is 16.9. The highest BCUT2D eigenvalue weighted by atomic mass is 16.3. The third-order valence-electron chi connectivity index (χ3n) is 5.54. The molecule has 2 aromatic heterocycles. The summed E-state index contributed by atoms with van der Waals surface area (Å²) in [6, 6.07) is 3.76. The molecule has 2 aliphatic heterocycles. The van der Waals surface area contributed by atoms with Gasteiger partial charge in [-0.1, -0.05) is 0 Å². The van der Waals surface area contributed by atoms with E-state index in [2.05, 4.69) is 9.55 Å². The maximum atomic E-state index is 12.4. The first kappa shape index (κ1) is 15.6. The van der Waals surface area contributed by atoms with Crippen LogP contribution >= 0.6 is 0 Å². The van der Waals surface area contributed by atoms with Gasteiger partial charge < -0.3 is 20.3 Å². The van der Waals surface area contributed by atoms with Gasteiger partial charge in [-0.25, -0.2) is 0 Å². The number of aliphatic hydroxyl groups is 1. The molecule has 0 unspecified atom stereocenters. The Hall–Kier alpha value is -1.92. The largest absolute Gasteiger partial charge is 0.388 e. The molecule has 2 aromatic rings. The van der Waals surface area contributed by atoms with E-state index in [4.69, 9.17) is 5.73 Å². The van der Waals surface area contributed by atoms with Crippen LogP contribution in [0, 0.1) is 0 Å². The Balaban J connectivity index is 1.56. The summed E-state index contributed by atoms with van der Waals surface area (Å²) in [5.41, 5.74) is 6.04. The lowest BCUT2D eigenvalue weighted by atomic mass is 9.85. The van der Waals surface area contributed by atoms with Gasteiger partial charge in [0.15, 0.2) is 0 Å². The second-order valence-electron chi connectivity index (χ2n) is 7.43. The fourth-order valence-electron chi connectivity index (χ4n) is 4.53. The molecule has 3 atom stereocenters. The number of hydrogen-bond acceptors (Lipinski definition) is 4. The summed E-state index contributed by atoms with van der Waals surface area (Å²) in [5.74, 6) is 0.0140. The lowest BCUT2D eigenvalue weighted by Gasteiger charge is -2.44. The van der Waals surface area contributed by atoms with Gasteiger partial charge in [-0.3, -0.25) is 9.78 Å². The highest BCUT2D eigenvalue weighted by molar-refractivity contribution is 5.82. The van der Waals surface area contributed by atoms with E-state index in [1.54, 1.807) is 13.1 Å². The van der Waals surface area contributed by atoms with E-state index < -0.39 is 11.6 Å². The summed E-state index contributed by atoms with van der Waals surface area (Å²) in [7, 11) is 0. The summed E-state index contributed by atoms with van der Waals surface area (Å²) in [5, 5.41) is 12.3. The van der Waals surface area contributed by atoms with Gasteiger partial charge in [0.2, 0.25) is 5.91 Å². The molecule has 6 heteroatoms. The number of carbonyl (C=O) groups excluding carboxylic acids is 1. The summed E-state index contributed by atoms with van der Waals surface area (Å²) in [4.78, 5) is 18.5. The Bertz CT molecular complexity index is 755. The monoisotopic (exact) mass is 328 g/mol. The minimum Gasteiger partial charge on any atom is -0.388 e. The predicted molar refractivity (Wildman–Crippen MR) is 91.2 cm³/mol. The van der Waals surface area contributed by atoms with Crippen LogP contribution in [0.15, 0.2) is 30.7 Å². The summed E-state index contributed by atoms with van der Waals surface area (Å²) in [6.45, 7) is 2.27. The quantitative estimate of drug-likeness (QED) is 0.888. The minimum atomic E-state index is -0.789. The van der Waals surface area contributed by atoms with Gasteiger partial charge >= 0.3 is 0 Å². The second kappa shape index (κ2) is 5.57. The van der Waals surface area contributed by atoms with E-state index in [1.807, 2.05) is 29.4 Å². The van der Waals surface area contributed by atoms with Crippen LogP contribution in [0.3, 0.4) is 0 Å². The first-order valence-electron chi connectivity index (χ1n) is 8.66. The van der Waals surface area contributed by atoms with Gasteiger partial charge in [-0.2, -0.15) is 0 Å². The standard InChI is InChI=1S/C18H24N4O2/c1-12(19)17(23)22-14-2-3-15(22)9-18(24,8-14)11-21-7-5-13-4-6-20-10-16(13)21/h4-7,10,12,14-15,24H,2-3,8-9,11,19H2,1H3/t12-,14+,15+/m0/s1. The Labute approximate surface area is 141 Å². The first-order chi connectivity index (χ1) is 11.5. The molecule has 1 amide bonds. The number of amides is 1. The molecule has 0 aromatic carbocycles. The molecule has 0 saturated carbocycles. The normalized spacial score (nSPS) is 30.7. The number of aromatic nitrogens is 2. The van der Waals surface area contributed by atoms with Crippen molar-refractivity contribution in [2.75, 3.05) is 0 Å². The van der Waals surface area contributed by atoms with Crippen LogP contribution in [0.2, 0.25) is 0 Å². The smallest absolute Gasteiger partial charge is 0.239 e. The molecule has 2 aliphatic rings. The molecule has 2 fully saturated rings. The molecular weight excluding hydrogens is 304 g/mol. The third kappa shape index (κ3) is 2.50. The van der Waals surface area contributed by atoms with Crippen LogP contribution in [0.25, 0.3) is 10.9 Å². The van der Waals surface area contributed by atoms with Crippen molar-refractivity contribution in [3.05, 3.63) is 30.7 Å². The number of piperidine rings is 1. The van der Waals surface area contributed by atoms with Crippen molar-refractivity contribution in [1.29, 1.82) is 0 Å². The van der Waals surface area contributed by atoms with Crippen molar-refractivity contribution >= 4 is 16.8 Å². The average molecular weight is 328 g/mol. The van der Waals surface area contributed by atoms with Crippen LogP contribution < -0.4 is 5.73 Å². The van der Waals surface area contributed by atoms with Gasteiger partial charge in [0.05, 0.1) is 29.9 Å². The van der Waals surface area contributed by atoms with E-state index in [-0.39, 0.29) is 18.0 Å². The Morgan fingerprint density at radius 1 is 1.42 bits per heavy atom. The molecule has 2 bridgehead atoms. The second-order valence-corrected chi connectivity index (χ2v) is 7.43. The van der Waals surface area contributed by atoms with Crippen molar-refractivity contribution in [2.45, 2.75) is 62.9 Å². The third-order valence-corrected chi connectivity index (χ3v) is 5.54. The molecule has 4 heterocycles. The van der Waals surface area contributed by atoms with E-state index in [0.29, 0.717) is 19.4 Å². The topological polar surface area (TPSA) is 84.4 Å². The molecule has 6 nitrogen and oxygen atoms in total. The fraction of sp³-hybridized carbons (Fsp3) is 0.556. The Morgan fingerprint density at radius 2 is 2.12 bits per heavy atom. The van der Waals surface area contributed by atoms with Crippen molar-refractivity contribution in [3.63, 3.8) is 0 Å². The number of rotatable bonds is 3. The molecule has 0 aliphatic carbocycles. The molecule has 4 rings (SSSR count). The zero-order valence-electron chi connectivity index (χ0n) is 13.9. The van der Waals surface area contributed by atoms with Crippen molar-refractivity contribution in [1.82, 2.24) is 14.5 Å². The summed E-state index contributed by atoms with van der Waals surface area (Å²) < 4.78 is 2.07. The molecule has 3 N–H and O–H groups in total. The number of carbonyl (C=O) groups is 1. The summed E-state index contributed by atoms with van der Waals surface area (Å²) in [6.07, 6.45) is 8.76. The molecular formula is C18H24N4O2. The average Bonchev–Trinajstić information content (AvgIpc) is 3.06. The molecule has 0 spiro atoms. The number of fused-ring (bicyclic) bond motifs is 3. The van der Waals surface area contributed by atoms with Crippen LogP contribution in [0.5, 0.6) is 0 Å². The van der Waals surface area contributed by atoms with E-state index in [9.17, 15) is 9.90 Å². The van der Waals surface area contributed by atoms with Crippen molar-refractivity contribution in [2.24, 2.45) is 5.73 Å². The number of hydrogen-bond donors (Lipinski definition) is 2. The number of nitrogens with zero attached hydrogens (tertiary/aromatic N) is 3. The lowest BCUT2D eigenvalue weighted by molar-refractivity contribution is -0.143. The van der Waals surface area contributed by atoms with E-state index in [1.165, 1.54) is 0 Å². The molecule has 128 valence electrons. The van der Waals surface area contributed by atoms with Gasteiger partial charge in [0.25, 0.3) is 0 Å². The zero-order valence-corrected chi connectivity index (χ0v) is 13.9. The Kier molecular flexibility index (Phi) is 3.62. The lowest BCUT2D eigenvalue weighted by Crippen LogP contribution is -2.57. The van der Waals surface area contributed by atoms with Gasteiger partial charge in [-0.05, 0) is 44.7 Å². The highest BCUT2D eigenvalue weighted by Crippen LogP contribution is 2.42. The van der Waals surface area contributed by atoms with Gasteiger partial charge in [0, 0.05) is 29.9 Å². The van der Waals surface area contributed by atoms with Gasteiger partial charge in [-0.15, -0.1) is 0 Å². The maximum Gasteiger partial charge on any atom is 0.239 e. The van der Waals surface area contributed by atoms with Crippen LogP contribution in [0.1, 0.15) is 32.6 Å². The number of nitrogens with two attached hydrogens (primary N) is 1. The van der Waals surface area contributed by atoms with Crippen LogP contribution in [-0.2, 0) is 11.3 Å². The minimum absolute atomic E-state index is 0.0140. The van der Waals surface area contributed by atoms with E-state index in [0.717, 1.165) is 23.7 Å². The predicted octanol–water partition coefficient (Wildman–Crippen LogP) is 1.27. The Morgan fingerprint density at radius 3 is 2.79 bits per heavy atom. The van der Waals surface area contributed by atoms with Crippen molar-refractivity contribution < 1.29 is 9.90 Å². The highest BCUT2D eigenvalue weighted by Gasteiger charge is 2.49. The van der Waals surface area contributed by atoms with Gasteiger partial charge in [0.1, 0.15) is 0 Å². The maximum absolute atomic E-state index is 12.4. The SMILES string of the molecule is C[C@H](N)C(=O)N1[C@@H]2CC[C@@H]1CC(O)(Cn1ccc3ccncc31)C2. The van der Waals surface area contributed by atoms with Crippen molar-refractivity contribution in [3.8, 4) is 0 Å². The fourth-order valence-corrected chi connectivity index (χ4v) is 4.53. The molecule has 24 heavy (non-hydrogen) atoms. The number of pyridine rings is 1. The molecule has 0 radical (unpaired) electrons. The van der Waals surface area contributed by atoms with E-state index >= 15 is 0 Å². The summed E-state index contributed by atoms with van der Waals surface area (Å²) >= 11 is 0. The molecule has 2 saturated heterocycles. The van der Waals surface area contributed by atoms with Crippen LogP contribution in [-0.4, -0.2) is 49.2 Å². The first-order valence-corrected chi connectivity index (χ1v) is 8.66.